The van der Waals surface area contributed by atoms with Gasteiger partial charge in [0, 0.05) is 12.3 Å². The van der Waals surface area contributed by atoms with Crippen LogP contribution in [0.15, 0.2) is 36.5 Å². The Hall–Kier alpha value is -3.09. The molecule has 0 bridgehead atoms. The number of carboxylic acids is 1. The zero-order valence-electron chi connectivity index (χ0n) is 17.9. The standard InChI is InChI=1S/C23H28N2O5/c1-22(2,3)14-8-6-13(7-9-14)15-12-16(15)23(4,21(28)29)25-20(27)18-19(26)17(30-5)10-11-24-18/h6-11,15-16,26H,12H2,1-5H3,(H,25,27)(H,28,29). The number of nitrogens with one attached hydrogen (secondary N) is 1. The number of aromatic nitrogens is 1. The van der Waals surface area contributed by atoms with Crippen molar-refractivity contribution in [1.82, 2.24) is 10.3 Å². The maximum atomic E-state index is 12.7. The molecule has 0 aliphatic heterocycles. The Morgan fingerprint density at radius 3 is 2.30 bits per heavy atom. The Kier molecular flexibility index (Phi) is 5.50. The van der Waals surface area contributed by atoms with Gasteiger partial charge >= 0.3 is 5.97 Å². The van der Waals surface area contributed by atoms with E-state index in [-0.39, 0.29) is 28.7 Å². The molecule has 2 aromatic rings. The molecule has 1 aliphatic rings. The summed E-state index contributed by atoms with van der Waals surface area (Å²) >= 11 is 0. The van der Waals surface area contributed by atoms with Crippen LogP contribution in [0.5, 0.6) is 11.5 Å². The zero-order chi connectivity index (χ0) is 22.3. The van der Waals surface area contributed by atoms with Crippen molar-refractivity contribution in [1.29, 1.82) is 0 Å². The van der Waals surface area contributed by atoms with Crippen molar-refractivity contribution >= 4 is 11.9 Å². The van der Waals surface area contributed by atoms with E-state index in [1.807, 2.05) is 12.1 Å². The van der Waals surface area contributed by atoms with Gasteiger partial charge < -0.3 is 20.3 Å². The van der Waals surface area contributed by atoms with Crippen LogP contribution >= 0.6 is 0 Å². The number of amides is 1. The smallest absolute Gasteiger partial charge is 0.329 e. The summed E-state index contributed by atoms with van der Waals surface area (Å²) in [4.78, 5) is 28.7. The number of aliphatic carboxylic acids is 1. The molecule has 3 rings (SSSR count). The highest BCUT2D eigenvalue weighted by molar-refractivity contribution is 5.99. The number of rotatable bonds is 6. The van der Waals surface area contributed by atoms with Gasteiger partial charge in [0.2, 0.25) is 0 Å². The van der Waals surface area contributed by atoms with Crippen molar-refractivity contribution in [2.75, 3.05) is 7.11 Å². The largest absolute Gasteiger partial charge is 0.503 e. The van der Waals surface area contributed by atoms with Gasteiger partial charge in [0.05, 0.1) is 7.11 Å². The number of aromatic hydroxyl groups is 1. The monoisotopic (exact) mass is 412 g/mol. The molecule has 3 N–H and O–H groups in total. The first kappa shape index (κ1) is 21.6. The van der Waals surface area contributed by atoms with Crippen molar-refractivity contribution in [2.45, 2.75) is 51.0 Å². The van der Waals surface area contributed by atoms with Crippen LogP contribution in [0.25, 0.3) is 0 Å². The van der Waals surface area contributed by atoms with Gasteiger partial charge in [-0.15, -0.1) is 0 Å². The van der Waals surface area contributed by atoms with E-state index in [1.54, 1.807) is 0 Å². The van der Waals surface area contributed by atoms with Crippen LogP contribution < -0.4 is 10.1 Å². The molecule has 1 saturated carbocycles. The number of carbonyl (C=O) groups is 2. The Balaban J connectivity index is 1.81. The molecule has 30 heavy (non-hydrogen) atoms. The molecule has 1 fully saturated rings. The summed E-state index contributed by atoms with van der Waals surface area (Å²) < 4.78 is 5.00. The van der Waals surface area contributed by atoms with Crippen molar-refractivity contribution in [3.8, 4) is 11.5 Å². The van der Waals surface area contributed by atoms with Crippen LogP contribution in [0.2, 0.25) is 0 Å². The molecule has 1 heterocycles. The lowest BCUT2D eigenvalue weighted by atomic mass is 9.86. The fraction of sp³-hybridized carbons (Fsp3) is 0.435. The van der Waals surface area contributed by atoms with Gasteiger partial charge in [0.25, 0.3) is 5.91 Å². The first-order valence-electron chi connectivity index (χ1n) is 9.87. The number of carboxylic acid groups (broad SMARTS) is 1. The number of methoxy groups -OCH3 is 1. The normalized spacial score (nSPS) is 20.2. The van der Waals surface area contributed by atoms with E-state index in [1.165, 1.54) is 31.9 Å². The number of ether oxygens (including phenoxy) is 1. The van der Waals surface area contributed by atoms with E-state index in [0.29, 0.717) is 6.42 Å². The highest BCUT2D eigenvalue weighted by Crippen LogP contribution is 2.53. The van der Waals surface area contributed by atoms with Crippen LogP contribution in [-0.4, -0.2) is 39.7 Å². The molecule has 3 atom stereocenters. The highest BCUT2D eigenvalue weighted by Gasteiger charge is 2.56. The van der Waals surface area contributed by atoms with Crippen molar-refractivity contribution in [3.63, 3.8) is 0 Å². The van der Waals surface area contributed by atoms with E-state index in [2.05, 4.69) is 43.2 Å². The second kappa shape index (κ2) is 7.63. The summed E-state index contributed by atoms with van der Waals surface area (Å²) in [6.07, 6.45) is 1.97. The maximum Gasteiger partial charge on any atom is 0.329 e. The lowest BCUT2D eigenvalue weighted by Gasteiger charge is -2.27. The predicted molar refractivity (Wildman–Crippen MR) is 112 cm³/mol. The van der Waals surface area contributed by atoms with Crippen LogP contribution in [0, 0.1) is 5.92 Å². The summed E-state index contributed by atoms with van der Waals surface area (Å²) in [7, 11) is 1.36. The minimum Gasteiger partial charge on any atom is -0.503 e. The Labute approximate surface area is 176 Å². The highest BCUT2D eigenvalue weighted by atomic mass is 16.5. The third-order valence-electron chi connectivity index (χ3n) is 5.88. The van der Waals surface area contributed by atoms with Gasteiger partial charge in [-0.1, -0.05) is 45.0 Å². The quantitative estimate of drug-likeness (QED) is 0.670. The average molecular weight is 412 g/mol. The SMILES string of the molecule is COc1ccnc(C(=O)NC(C)(C(=O)O)C2CC2c2ccc(C(C)(C)C)cc2)c1O. The first-order chi connectivity index (χ1) is 14.0. The summed E-state index contributed by atoms with van der Waals surface area (Å²) in [6, 6.07) is 9.62. The zero-order valence-corrected chi connectivity index (χ0v) is 17.9. The number of pyridine rings is 1. The van der Waals surface area contributed by atoms with Gasteiger partial charge in [-0.2, -0.15) is 0 Å². The number of nitrogens with zero attached hydrogens (tertiary/aromatic N) is 1. The van der Waals surface area contributed by atoms with E-state index in [4.69, 9.17) is 4.74 Å². The Morgan fingerprint density at radius 1 is 1.13 bits per heavy atom. The number of carbonyl (C=O) groups excluding carboxylic acids is 1. The van der Waals surface area contributed by atoms with Gasteiger partial charge in [0.15, 0.2) is 17.2 Å². The van der Waals surface area contributed by atoms with E-state index >= 15 is 0 Å². The van der Waals surface area contributed by atoms with Crippen molar-refractivity contribution in [2.24, 2.45) is 5.92 Å². The second-order valence-electron chi connectivity index (χ2n) is 8.99. The lowest BCUT2D eigenvalue weighted by molar-refractivity contribution is -0.144. The van der Waals surface area contributed by atoms with Crippen LogP contribution in [0.1, 0.15) is 61.6 Å². The van der Waals surface area contributed by atoms with E-state index in [0.717, 1.165) is 5.56 Å². The fourth-order valence-corrected chi connectivity index (χ4v) is 3.80. The molecule has 3 unspecified atom stereocenters. The molecular weight excluding hydrogens is 384 g/mol. The molecular formula is C23H28N2O5. The molecule has 0 saturated heterocycles. The van der Waals surface area contributed by atoms with Gasteiger partial charge in [0.1, 0.15) is 5.54 Å². The number of hydrogen-bond donors (Lipinski definition) is 3. The topological polar surface area (TPSA) is 109 Å². The van der Waals surface area contributed by atoms with Crippen LogP contribution in [0.3, 0.4) is 0 Å². The molecule has 1 amide bonds. The third-order valence-corrected chi connectivity index (χ3v) is 5.88. The summed E-state index contributed by atoms with van der Waals surface area (Å²) in [5.74, 6) is -2.45. The van der Waals surface area contributed by atoms with Gasteiger partial charge in [-0.05, 0) is 41.7 Å². The molecule has 7 nitrogen and oxygen atoms in total. The number of benzene rings is 1. The lowest BCUT2D eigenvalue weighted by Crippen LogP contribution is -2.54. The van der Waals surface area contributed by atoms with E-state index in [9.17, 15) is 19.8 Å². The molecule has 7 heteroatoms. The molecule has 1 aromatic carbocycles. The molecule has 0 spiro atoms. The van der Waals surface area contributed by atoms with Crippen molar-refractivity contribution in [3.05, 3.63) is 53.3 Å². The molecule has 1 aromatic heterocycles. The number of hydrogen-bond acceptors (Lipinski definition) is 5. The third kappa shape index (κ3) is 3.97. The summed E-state index contributed by atoms with van der Waals surface area (Å²) in [6.45, 7) is 7.92. The second-order valence-corrected chi connectivity index (χ2v) is 8.99. The molecule has 160 valence electrons. The minimum atomic E-state index is -1.50. The van der Waals surface area contributed by atoms with Gasteiger partial charge in [-0.25, -0.2) is 9.78 Å². The van der Waals surface area contributed by atoms with Gasteiger partial charge in [-0.3, -0.25) is 4.79 Å². The van der Waals surface area contributed by atoms with Crippen molar-refractivity contribution < 1.29 is 24.5 Å². The Morgan fingerprint density at radius 2 is 1.77 bits per heavy atom. The first-order valence-corrected chi connectivity index (χ1v) is 9.87. The van der Waals surface area contributed by atoms with E-state index < -0.39 is 23.2 Å². The summed E-state index contributed by atoms with van der Waals surface area (Å²) in [5, 5.41) is 22.7. The van der Waals surface area contributed by atoms with Crippen LogP contribution in [-0.2, 0) is 10.2 Å². The predicted octanol–water partition coefficient (Wildman–Crippen LogP) is 3.47. The average Bonchev–Trinajstić information content (AvgIpc) is 3.48. The fourth-order valence-electron chi connectivity index (χ4n) is 3.80. The molecule has 0 radical (unpaired) electrons. The molecule has 1 aliphatic carbocycles. The summed E-state index contributed by atoms with van der Waals surface area (Å²) in [5.41, 5.74) is 0.529. The minimum absolute atomic E-state index is 0.0345. The Bertz CT molecular complexity index is 965. The van der Waals surface area contributed by atoms with Crippen LogP contribution in [0.4, 0.5) is 0 Å². The maximum absolute atomic E-state index is 12.7.